The Bertz CT molecular complexity index is 783. The van der Waals surface area contributed by atoms with Crippen LogP contribution in [0, 0.1) is 5.82 Å². The SMILES string of the molecule is O=C(COC(=O)CNC(=O)c1cc(Cl)ccn1)Nc1ccc(F)cc1. The topological polar surface area (TPSA) is 97.4 Å². The number of hydrogen-bond acceptors (Lipinski definition) is 5. The van der Waals surface area contributed by atoms with E-state index in [4.69, 9.17) is 16.3 Å². The van der Waals surface area contributed by atoms with Crippen LogP contribution in [0.5, 0.6) is 0 Å². The van der Waals surface area contributed by atoms with Gasteiger partial charge >= 0.3 is 5.97 Å². The minimum Gasteiger partial charge on any atom is -0.454 e. The Morgan fingerprint density at radius 3 is 2.56 bits per heavy atom. The van der Waals surface area contributed by atoms with Crippen LogP contribution in [0.15, 0.2) is 42.6 Å². The molecule has 0 saturated heterocycles. The van der Waals surface area contributed by atoms with Crippen LogP contribution in [-0.2, 0) is 14.3 Å². The third-order valence-corrected chi connectivity index (χ3v) is 3.08. The van der Waals surface area contributed by atoms with Crippen LogP contribution < -0.4 is 10.6 Å². The van der Waals surface area contributed by atoms with Crippen LogP contribution in [-0.4, -0.2) is 35.9 Å². The van der Waals surface area contributed by atoms with Gasteiger partial charge < -0.3 is 15.4 Å². The Balaban J connectivity index is 1.72. The predicted molar refractivity (Wildman–Crippen MR) is 87.6 cm³/mol. The summed E-state index contributed by atoms with van der Waals surface area (Å²) in [6.45, 7) is -0.974. The Labute approximate surface area is 147 Å². The number of hydrogen-bond donors (Lipinski definition) is 2. The molecule has 0 fully saturated rings. The normalized spacial score (nSPS) is 10.0. The number of pyridine rings is 1. The van der Waals surface area contributed by atoms with E-state index in [2.05, 4.69) is 15.6 Å². The van der Waals surface area contributed by atoms with E-state index < -0.39 is 36.8 Å². The Morgan fingerprint density at radius 2 is 1.88 bits per heavy atom. The van der Waals surface area contributed by atoms with Crippen molar-refractivity contribution in [2.24, 2.45) is 0 Å². The number of ether oxygens (including phenoxy) is 1. The molecule has 2 aromatic rings. The fraction of sp³-hybridized carbons (Fsp3) is 0.125. The smallest absolute Gasteiger partial charge is 0.325 e. The zero-order valence-corrected chi connectivity index (χ0v) is 13.5. The number of amides is 2. The largest absolute Gasteiger partial charge is 0.454 e. The van der Waals surface area contributed by atoms with E-state index in [1.54, 1.807) is 0 Å². The maximum absolute atomic E-state index is 12.7. The minimum absolute atomic E-state index is 0.0503. The van der Waals surface area contributed by atoms with Crippen molar-refractivity contribution in [2.75, 3.05) is 18.5 Å². The van der Waals surface area contributed by atoms with Crippen LogP contribution in [0.4, 0.5) is 10.1 Å². The van der Waals surface area contributed by atoms with E-state index in [1.807, 2.05) is 0 Å². The van der Waals surface area contributed by atoms with E-state index in [-0.39, 0.29) is 5.69 Å². The summed E-state index contributed by atoms with van der Waals surface area (Å²) in [5, 5.41) is 5.06. The van der Waals surface area contributed by atoms with E-state index in [9.17, 15) is 18.8 Å². The number of carbonyl (C=O) groups is 3. The van der Waals surface area contributed by atoms with Gasteiger partial charge in [-0.15, -0.1) is 0 Å². The van der Waals surface area contributed by atoms with Crippen molar-refractivity contribution >= 4 is 35.1 Å². The number of rotatable bonds is 6. The summed E-state index contributed by atoms with van der Waals surface area (Å²) in [5.41, 5.74) is 0.414. The molecule has 130 valence electrons. The van der Waals surface area contributed by atoms with Crippen molar-refractivity contribution in [3.05, 3.63) is 59.1 Å². The fourth-order valence-electron chi connectivity index (χ4n) is 1.70. The van der Waals surface area contributed by atoms with Crippen molar-refractivity contribution in [1.82, 2.24) is 10.3 Å². The second kappa shape index (κ2) is 8.74. The van der Waals surface area contributed by atoms with Crippen molar-refractivity contribution in [2.45, 2.75) is 0 Å². The molecule has 0 unspecified atom stereocenters. The molecular weight excluding hydrogens is 353 g/mol. The van der Waals surface area contributed by atoms with Gasteiger partial charge in [-0.3, -0.25) is 19.4 Å². The lowest BCUT2D eigenvalue weighted by molar-refractivity contribution is -0.146. The van der Waals surface area contributed by atoms with Gasteiger partial charge in [-0.25, -0.2) is 4.39 Å². The lowest BCUT2D eigenvalue weighted by Crippen LogP contribution is -2.32. The molecule has 2 amide bonds. The van der Waals surface area contributed by atoms with E-state index in [0.717, 1.165) is 0 Å². The van der Waals surface area contributed by atoms with Crippen LogP contribution in [0.25, 0.3) is 0 Å². The Morgan fingerprint density at radius 1 is 1.16 bits per heavy atom. The molecule has 0 atom stereocenters. The average Bonchev–Trinajstić information content (AvgIpc) is 2.60. The molecule has 0 bridgehead atoms. The minimum atomic E-state index is -0.801. The molecule has 25 heavy (non-hydrogen) atoms. The highest BCUT2D eigenvalue weighted by Crippen LogP contribution is 2.08. The first-order valence-electron chi connectivity index (χ1n) is 7.05. The van der Waals surface area contributed by atoms with Crippen molar-refractivity contribution in [1.29, 1.82) is 0 Å². The summed E-state index contributed by atoms with van der Waals surface area (Å²) in [4.78, 5) is 38.7. The third kappa shape index (κ3) is 6.19. The first-order chi connectivity index (χ1) is 11.9. The fourth-order valence-corrected chi connectivity index (χ4v) is 1.86. The van der Waals surface area contributed by atoms with Crippen molar-refractivity contribution in [3.63, 3.8) is 0 Å². The number of anilines is 1. The summed E-state index contributed by atoms with van der Waals surface area (Å²) in [5.74, 6) is -2.43. The lowest BCUT2D eigenvalue weighted by atomic mass is 10.3. The third-order valence-electron chi connectivity index (χ3n) is 2.84. The number of aromatic nitrogens is 1. The lowest BCUT2D eigenvalue weighted by Gasteiger charge is -2.07. The maximum atomic E-state index is 12.7. The van der Waals surface area contributed by atoms with Gasteiger partial charge in [0.25, 0.3) is 11.8 Å². The van der Waals surface area contributed by atoms with Gasteiger partial charge in [0.05, 0.1) is 0 Å². The number of carbonyl (C=O) groups excluding carboxylic acids is 3. The molecule has 2 rings (SSSR count). The summed E-state index contributed by atoms with van der Waals surface area (Å²) in [6, 6.07) is 7.95. The van der Waals surface area contributed by atoms with E-state index in [0.29, 0.717) is 10.7 Å². The Hall–Kier alpha value is -3.00. The summed E-state index contributed by atoms with van der Waals surface area (Å²) >= 11 is 5.73. The van der Waals surface area contributed by atoms with Gasteiger partial charge in [-0.05, 0) is 36.4 Å². The highest BCUT2D eigenvalue weighted by atomic mass is 35.5. The van der Waals surface area contributed by atoms with Crippen LogP contribution in [0.1, 0.15) is 10.5 Å². The molecule has 7 nitrogen and oxygen atoms in total. The number of halogens is 2. The second-order valence-corrected chi connectivity index (χ2v) is 5.19. The molecule has 0 saturated carbocycles. The molecule has 0 aliphatic heterocycles. The molecule has 2 N–H and O–H groups in total. The second-order valence-electron chi connectivity index (χ2n) is 4.76. The van der Waals surface area contributed by atoms with Gasteiger partial charge in [0, 0.05) is 16.9 Å². The number of nitrogens with one attached hydrogen (secondary N) is 2. The standard InChI is InChI=1S/C16H13ClFN3O4/c17-10-5-6-19-13(7-10)16(24)20-8-15(23)25-9-14(22)21-12-3-1-11(18)2-4-12/h1-7H,8-9H2,(H,20,24)(H,21,22). The first kappa shape index (κ1) is 18.3. The summed E-state index contributed by atoms with van der Waals surface area (Å²) in [6.07, 6.45) is 1.36. The van der Waals surface area contributed by atoms with Crippen molar-refractivity contribution < 1.29 is 23.5 Å². The highest BCUT2D eigenvalue weighted by Gasteiger charge is 2.12. The predicted octanol–water partition coefficient (Wildman–Crippen LogP) is 1.79. The van der Waals surface area contributed by atoms with Gasteiger partial charge in [0.15, 0.2) is 6.61 Å². The quantitative estimate of drug-likeness (QED) is 0.760. The molecule has 0 aliphatic carbocycles. The summed E-state index contributed by atoms with van der Waals surface area (Å²) in [7, 11) is 0. The van der Waals surface area contributed by atoms with E-state index >= 15 is 0 Å². The molecule has 1 aromatic carbocycles. The Kier molecular flexibility index (Phi) is 6.41. The molecule has 0 spiro atoms. The molecule has 9 heteroatoms. The number of benzene rings is 1. The van der Waals surface area contributed by atoms with E-state index in [1.165, 1.54) is 42.6 Å². The van der Waals surface area contributed by atoms with Gasteiger partial charge in [0.2, 0.25) is 0 Å². The van der Waals surface area contributed by atoms with Crippen LogP contribution in [0.2, 0.25) is 5.02 Å². The zero-order valence-electron chi connectivity index (χ0n) is 12.8. The monoisotopic (exact) mass is 365 g/mol. The number of nitrogens with zero attached hydrogens (tertiary/aromatic N) is 1. The molecular formula is C16H13ClFN3O4. The van der Waals surface area contributed by atoms with Crippen LogP contribution in [0.3, 0.4) is 0 Å². The van der Waals surface area contributed by atoms with Gasteiger partial charge in [-0.1, -0.05) is 11.6 Å². The average molecular weight is 366 g/mol. The molecule has 0 radical (unpaired) electrons. The highest BCUT2D eigenvalue weighted by molar-refractivity contribution is 6.30. The summed E-state index contributed by atoms with van der Waals surface area (Å²) < 4.78 is 17.5. The van der Waals surface area contributed by atoms with Crippen LogP contribution >= 0.6 is 11.6 Å². The zero-order chi connectivity index (χ0) is 18.2. The molecule has 0 aliphatic rings. The molecule has 1 heterocycles. The van der Waals surface area contributed by atoms with Gasteiger partial charge in [0.1, 0.15) is 18.1 Å². The van der Waals surface area contributed by atoms with Gasteiger partial charge in [-0.2, -0.15) is 0 Å². The number of esters is 1. The van der Waals surface area contributed by atoms with Crippen molar-refractivity contribution in [3.8, 4) is 0 Å². The maximum Gasteiger partial charge on any atom is 0.325 e. The first-order valence-corrected chi connectivity index (χ1v) is 7.42. The molecule has 1 aromatic heterocycles.